The van der Waals surface area contributed by atoms with E-state index in [1.54, 1.807) is 11.9 Å². The van der Waals surface area contributed by atoms with Gasteiger partial charge in [-0.3, -0.25) is 4.79 Å². The quantitative estimate of drug-likeness (QED) is 0.731. The highest BCUT2D eigenvalue weighted by molar-refractivity contribution is 5.89. The molecule has 0 radical (unpaired) electrons. The Morgan fingerprint density at radius 2 is 2.06 bits per heavy atom. The van der Waals surface area contributed by atoms with Crippen molar-refractivity contribution in [2.45, 2.75) is 39.2 Å². The van der Waals surface area contributed by atoms with Crippen LogP contribution in [0, 0.1) is 5.41 Å². The molecule has 1 heterocycles. The maximum atomic E-state index is 12.2. The van der Waals surface area contributed by atoms with Crippen molar-refractivity contribution < 1.29 is 14.3 Å². The third-order valence-corrected chi connectivity index (χ3v) is 3.20. The predicted molar refractivity (Wildman–Crippen MR) is 59.7 cm³/mol. The summed E-state index contributed by atoms with van der Waals surface area (Å²) in [5, 5.41) is 0. The van der Waals surface area contributed by atoms with Gasteiger partial charge in [0.25, 0.3) is 5.91 Å². The molecule has 0 spiro atoms. The second-order valence-electron chi connectivity index (χ2n) is 5.33. The highest BCUT2D eigenvalue weighted by Crippen LogP contribution is 2.41. The van der Waals surface area contributed by atoms with Gasteiger partial charge >= 0.3 is 6.09 Å². The summed E-state index contributed by atoms with van der Waals surface area (Å²) in [5.41, 5.74) is 3.50. The third kappa shape index (κ3) is 1.99. The van der Waals surface area contributed by atoms with Gasteiger partial charge in [-0.05, 0) is 12.8 Å². The van der Waals surface area contributed by atoms with Crippen LogP contribution in [-0.2, 0) is 9.53 Å². The summed E-state index contributed by atoms with van der Waals surface area (Å²) in [5.74, 6) is -0.162. The van der Waals surface area contributed by atoms with Gasteiger partial charge in [0, 0.05) is 19.0 Å². The van der Waals surface area contributed by atoms with Gasteiger partial charge < -0.3 is 15.4 Å². The molecule has 5 heteroatoms. The summed E-state index contributed by atoms with van der Waals surface area (Å²) in [6.45, 7) is 6.34. The van der Waals surface area contributed by atoms with Gasteiger partial charge in [-0.1, -0.05) is 20.8 Å². The average Bonchev–Trinajstić information content (AvgIpc) is 2.10. The number of nitrogens with zero attached hydrogens (tertiary/aromatic N) is 1. The van der Waals surface area contributed by atoms with Gasteiger partial charge in [0.15, 0.2) is 5.60 Å². The maximum absolute atomic E-state index is 12.2. The van der Waals surface area contributed by atoms with E-state index >= 15 is 0 Å². The zero-order valence-corrected chi connectivity index (χ0v) is 10.4. The van der Waals surface area contributed by atoms with E-state index in [1.165, 1.54) is 0 Å². The highest BCUT2D eigenvalue weighted by atomic mass is 16.6. The monoisotopic (exact) mass is 228 g/mol. The summed E-state index contributed by atoms with van der Waals surface area (Å²) in [6, 6.07) is 0. The molecule has 1 rings (SSSR count). The van der Waals surface area contributed by atoms with Gasteiger partial charge in [0.05, 0.1) is 0 Å². The zero-order valence-electron chi connectivity index (χ0n) is 10.4. The van der Waals surface area contributed by atoms with Gasteiger partial charge in [-0.25, -0.2) is 4.79 Å². The van der Waals surface area contributed by atoms with E-state index in [1.807, 2.05) is 20.8 Å². The summed E-state index contributed by atoms with van der Waals surface area (Å²) >= 11 is 0. The first-order valence-electron chi connectivity index (χ1n) is 5.45. The Hall–Kier alpha value is -1.26. The van der Waals surface area contributed by atoms with Gasteiger partial charge in [0.1, 0.15) is 0 Å². The largest absolute Gasteiger partial charge is 0.432 e. The smallest absolute Gasteiger partial charge is 0.405 e. The second-order valence-corrected chi connectivity index (χ2v) is 5.33. The molecule has 1 saturated heterocycles. The number of hydrogen-bond donors (Lipinski definition) is 1. The van der Waals surface area contributed by atoms with Gasteiger partial charge in [0.2, 0.25) is 0 Å². The zero-order chi connectivity index (χ0) is 12.6. The summed E-state index contributed by atoms with van der Waals surface area (Å²) < 4.78 is 5.17. The molecule has 16 heavy (non-hydrogen) atoms. The van der Waals surface area contributed by atoms with E-state index in [0.29, 0.717) is 13.0 Å². The fraction of sp³-hybridized carbons (Fsp3) is 0.818. The van der Waals surface area contributed by atoms with Crippen LogP contribution in [0.2, 0.25) is 0 Å². The Morgan fingerprint density at radius 1 is 1.50 bits per heavy atom. The van der Waals surface area contributed by atoms with Crippen LogP contribution in [0.25, 0.3) is 0 Å². The lowest BCUT2D eigenvalue weighted by molar-refractivity contribution is -0.169. The lowest BCUT2D eigenvalue weighted by atomic mass is 9.71. The van der Waals surface area contributed by atoms with Crippen molar-refractivity contribution in [1.82, 2.24) is 4.90 Å². The van der Waals surface area contributed by atoms with E-state index in [4.69, 9.17) is 10.5 Å². The number of piperidine rings is 1. The third-order valence-electron chi connectivity index (χ3n) is 3.20. The second kappa shape index (κ2) is 3.96. The van der Waals surface area contributed by atoms with Crippen LogP contribution < -0.4 is 5.73 Å². The number of carbonyl (C=O) groups is 2. The molecule has 1 atom stereocenters. The number of primary amides is 1. The number of likely N-dealkylation sites (N-methyl/N-ethyl adjacent to an activating group) is 1. The SMILES string of the molecule is CN1CCCC(OC(N)=O)(C(C)(C)C)C1=O. The predicted octanol–water partition coefficient (Wildman–Crippen LogP) is 1.12. The first kappa shape index (κ1) is 12.8. The average molecular weight is 228 g/mol. The number of likely N-dealkylation sites (tertiary alicyclic amines) is 1. The van der Waals surface area contributed by atoms with Crippen molar-refractivity contribution in [3.05, 3.63) is 0 Å². The molecule has 0 bridgehead atoms. The van der Waals surface area contributed by atoms with E-state index in [9.17, 15) is 9.59 Å². The Bertz CT molecular complexity index is 309. The fourth-order valence-electron chi connectivity index (χ4n) is 2.20. The molecule has 0 aromatic carbocycles. The Labute approximate surface area is 95.9 Å². The molecule has 5 nitrogen and oxygen atoms in total. The van der Waals surface area contributed by atoms with Crippen molar-refractivity contribution in [2.24, 2.45) is 11.1 Å². The van der Waals surface area contributed by atoms with Crippen LogP contribution in [0.5, 0.6) is 0 Å². The van der Waals surface area contributed by atoms with Crippen LogP contribution in [0.15, 0.2) is 0 Å². The summed E-state index contributed by atoms with van der Waals surface area (Å²) in [6.07, 6.45) is 0.452. The number of hydrogen-bond acceptors (Lipinski definition) is 3. The van der Waals surface area contributed by atoms with Crippen LogP contribution in [0.4, 0.5) is 4.79 Å². The molecule has 0 aliphatic carbocycles. The van der Waals surface area contributed by atoms with E-state index < -0.39 is 17.1 Å². The molecular weight excluding hydrogens is 208 g/mol. The van der Waals surface area contributed by atoms with Gasteiger partial charge in [-0.15, -0.1) is 0 Å². The first-order chi connectivity index (χ1) is 7.21. The lowest BCUT2D eigenvalue weighted by Crippen LogP contribution is -2.61. The number of nitrogens with two attached hydrogens (primary N) is 1. The number of carbonyl (C=O) groups excluding carboxylic acids is 2. The lowest BCUT2D eigenvalue weighted by Gasteiger charge is -2.46. The molecule has 0 saturated carbocycles. The van der Waals surface area contributed by atoms with Crippen LogP contribution in [-0.4, -0.2) is 36.1 Å². The summed E-state index contributed by atoms with van der Waals surface area (Å²) in [7, 11) is 1.71. The first-order valence-corrected chi connectivity index (χ1v) is 5.45. The molecular formula is C11H20N2O3. The van der Waals surface area contributed by atoms with Crippen molar-refractivity contribution in [3.63, 3.8) is 0 Å². The number of amides is 2. The molecule has 2 N–H and O–H groups in total. The molecule has 1 aliphatic rings. The van der Waals surface area contributed by atoms with E-state index in [0.717, 1.165) is 6.42 Å². The Kier molecular flexibility index (Phi) is 3.17. The van der Waals surface area contributed by atoms with E-state index in [2.05, 4.69) is 0 Å². The molecule has 0 aromatic heterocycles. The minimum absolute atomic E-state index is 0.162. The van der Waals surface area contributed by atoms with Crippen molar-refractivity contribution in [1.29, 1.82) is 0 Å². The molecule has 1 fully saturated rings. The van der Waals surface area contributed by atoms with Crippen LogP contribution >= 0.6 is 0 Å². The standard InChI is InChI=1S/C11H20N2O3/c1-10(2,3)11(16-9(12)15)6-5-7-13(4)8(11)14/h5-7H2,1-4H3,(H2,12,15). The molecule has 1 aliphatic heterocycles. The Morgan fingerprint density at radius 3 is 2.50 bits per heavy atom. The topological polar surface area (TPSA) is 72.6 Å². The molecule has 2 amide bonds. The number of ether oxygens (including phenoxy) is 1. The minimum atomic E-state index is -1.12. The number of rotatable bonds is 1. The normalized spacial score (nSPS) is 26.8. The van der Waals surface area contributed by atoms with Crippen molar-refractivity contribution in [3.8, 4) is 0 Å². The van der Waals surface area contributed by atoms with Crippen molar-refractivity contribution in [2.75, 3.05) is 13.6 Å². The van der Waals surface area contributed by atoms with E-state index in [-0.39, 0.29) is 5.91 Å². The molecule has 92 valence electrons. The Balaban J connectivity index is 3.12. The van der Waals surface area contributed by atoms with Crippen LogP contribution in [0.1, 0.15) is 33.6 Å². The maximum Gasteiger partial charge on any atom is 0.405 e. The minimum Gasteiger partial charge on any atom is -0.432 e. The summed E-state index contributed by atoms with van der Waals surface area (Å²) in [4.78, 5) is 24.8. The van der Waals surface area contributed by atoms with Crippen LogP contribution in [0.3, 0.4) is 0 Å². The highest BCUT2D eigenvalue weighted by Gasteiger charge is 2.54. The molecule has 0 aromatic rings. The fourth-order valence-corrected chi connectivity index (χ4v) is 2.20. The van der Waals surface area contributed by atoms with Gasteiger partial charge in [-0.2, -0.15) is 0 Å². The molecule has 1 unspecified atom stereocenters. The van der Waals surface area contributed by atoms with Crippen molar-refractivity contribution >= 4 is 12.0 Å².